The molecule has 1 heterocycles. The molecule has 1 unspecified atom stereocenters. The molecule has 0 radical (unpaired) electrons. The lowest BCUT2D eigenvalue weighted by Gasteiger charge is -2.15. The van der Waals surface area contributed by atoms with Crippen LogP contribution in [-0.4, -0.2) is 37.2 Å². The van der Waals surface area contributed by atoms with Gasteiger partial charge in [-0.05, 0) is 68.3 Å². The van der Waals surface area contributed by atoms with Gasteiger partial charge in [-0.15, -0.1) is 0 Å². The standard InChI is InChI=1S/C23H25ClN2O5S/c1-4-29-19-11-15(6-9-18(19)31-13-21(27)30-5-2)12-20-22(28)26-23(32-20)25-17-8-7-16(24)10-14(17)3/h6-12,23,25H,4-5,13H2,1-3H3,(H,26,28)/b20-12-. The third-order valence-corrected chi connectivity index (χ3v) is 5.69. The van der Waals surface area contributed by atoms with Gasteiger partial charge in [0.1, 0.15) is 0 Å². The smallest absolute Gasteiger partial charge is 0.344 e. The maximum atomic E-state index is 12.5. The fraction of sp³-hybridized carbons (Fsp3) is 0.304. The summed E-state index contributed by atoms with van der Waals surface area (Å²) < 4.78 is 16.1. The summed E-state index contributed by atoms with van der Waals surface area (Å²) in [4.78, 5) is 24.6. The van der Waals surface area contributed by atoms with E-state index in [0.29, 0.717) is 34.6 Å². The highest BCUT2D eigenvalue weighted by Crippen LogP contribution is 2.34. The number of esters is 1. The Morgan fingerprint density at radius 1 is 1.16 bits per heavy atom. The number of benzene rings is 2. The quantitative estimate of drug-likeness (QED) is 0.404. The number of nitrogens with one attached hydrogen (secondary N) is 2. The highest BCUT2D eigenvalue weighted by Gasteiger charge is 2.27. The van der Waals surface area contributed by atoms with Gasteiger partial charge in [0.05, 0.1) is 18.1 Å². The van der Waals surface area contributed by atoms with E-state index in [0.717, 1.165) is 16.8 Å². The summed E-state index contributed by atoms with van der Waals surface area (Å²) in [6.07, 6.45) is 1.79. The summed E-state index contributed by atoms with van der Waals surface area (Å²) in [5, 5.41) is 6.88. The van der Waals surface area contributed by atoms with E-state index in [1.165, 1.54) is 11.8 Å². The van der Waals surface area contributed by atoms with E-state index in [2.05, 4.69) is 10.6 Å². The van der Waals surface area contributed by atoms with Crippen molar-refractivity contribution >= 4 is 47.0 Å². The van der Waals surface area contributed by atoms with Crippen LogP contribution >= 0.6 is 23.4 Å². The lowest BCUT2D eigenvalue weighted by molar-refractivity contribution is -0.145. The predicted octanol–water partition coefficient (Wildman–Crippen LogP) is 4.59. The average Bonchev–Trinajstić information content (AvgIpc) is 3.09. The van der Waals surface area contributed by atoms with Crippen LogP contribution in [0.4, 0.5) is 5.69 Å². The molecule has 9 heteroatoms. The average molecular weight is 477 g/mol. The Morgan fingerprint density at radius 3 is 2.69 bits per heavy atom. The lowest BCUT2D eigenvalue weighted by Crippen LogP contribution is -2.31. The second kappa shape index (κ2) is 11.2. The van der Waals surface area contributed by atoms with Crippen LogP contribution in [0.3, 0.4) is 0 Å². The number of rotatable bonds is 9. The van der Waals surface area contributed by atoms with Gasteiger partial charge in [0.15, 0.2) is 23.6 Å². The molecule has 7 nitrogen and oxygen atoms in total. The fourth-order valence-corrected chi connectivity index (χ4v) is 4.19. The summed E-state index contributed by atoms with van der Waals surface area (Å²) in [5.74, 6) is 0.304. The molecule has 0 spiro atoms. The van der Waals surface area contributed by atoms with Crippen LogP contribution in [0.25, 0.3) is 6.08 Å². The molecule has 0 aromatic heterocycles. The molecular formula is C23H25ClN2O5S. The first-order valence-corrected chi connectivity index (χ1v) is 11.4. The van der Waals surface area contributed by atoms with Gasteiger partial charge < -0.3 is 24.8 Å². The Morgan fingerprint density at radius 2 is 1.97 bits per heavy atom. The van der Waals surface area contributed by atoms with Gasteiger partial charge in [-0.2, -0.15) is 0 Å². The molecule has 1 fully saturated rings. The molecule has 1 amide bonds. The first-order valence-electron chi connectivity index (χ1n) is 10.2. The van der Waals surface area contributed by atoms with Crippen LogP contribution in [0, 0.1) is 6.92 Å². The van der Waals surface area contributed by atoms with E-state index >= 15 is 0 Å². The van der Waals surface area contributed by atoms with Crippen molar-refractivity contribution in [1.29, 1.82) is 0 Å². The Labute approximate surface area is 196 Å². The number of aryl methyl sites for hydroxylation is 1. The number of ether oxygens (including phenoxy) is 3. The minimum absolute atomic E-state index is 0.167. The molecule has 2 aromatic rings. The number of thioether (sulfide) groups is 1. The molecule has 1 atom stereocenters. The number of hydrogen-bond donors (Lipinski definition) is 2. The van der Waals surface area contributed by atoms with Crippen LogP contribution in [0.2, 0.25) is 5.02 Å². The Hall–Kier alpha value is -2.84. The van der Waals surface area contributed by atoms with Gasteiger partial charge in [0.25, 0.3) is 5.91 Å². The number of halogens is 1. The van der Waals surface area contributed by atoms with Crippen molar-refractivity contribution < 1.29 is 23.8 Å². The van der Waals surface area contributed by atoms with Crippen molar-refractivity contribution in [2.75, 3.05) is 25.1 Å². The number of hydrogen-bond acceptors (Lipinski definition) is 7. The number of amides is 1. The Bertz CT molecular complexity index is 1030. The summed E-state index contributed by atoms with van der Waals surface area (Å²) in [7, 11) is 0. The lowest BCUT2D eigenvalue weighted by atomic mass is 10.2. The minimum atomic E-state index is -0.449. The van der Waals surface area contributed by atoms with E-state index in [9.17, 15) is 9.59 Å². The molecule has 0 saturated carbocycles. The topological polar surface area (TPSA) is 85.9 Å². The normalized spacial score (nSPS) is 16.6. The molecule has 2 aromatic carbocycles. The van der Waals surface area contributed by atoms with Gasteiger partial charge in [-0.3, -0.25) is 4.79 Å². The van der Waals surface area contributed by atoms with Crippen LogP contribution in [0.5, 0.6) is 11.5 Å². The predicted molar refractivity (Wildman–Crippen MR) is 127 cm³/mol. The van der Waals surface area contributed by atoms with Gasteiger partial charge in [0.2, 0.25) is 0 Å². The second-order valence-corrected chi connectivity index (χ2v) is 8.40. The zero-order valence-electron chi connectivity index (χ0n) is 18.1. The van der Waals surface area contributed by atoms with E-state index in [-0.39, 0.29) is 18.0 Å². The number of carbonyl (C=O) groups is 2. The van der Waals surface area contributed by atoms with E-state index in [1.807, 2.05) is 26.0 Å². The van der Waals surface area contributed by atoms with Gasteiger partial charge in [-0.1, -0.05) is 29.4 Å². The van der Waals surface area contributed by atoms with Crippen molar-refractivity contribution in [2.24, 2.45) is 0 Å². The SMILES string of the molecule is CCOC(=O)COc1ccc(/C=C2\SC(Nc3ccc(Cl)cc3C)NC2=O)cc1OCC. The molecule has 1 saturated heterocycles. The monoisotopic (exact) mass is 476 g/mol. The highest BCUT2D eigenvalue weighted by atomic mass is 35.5. The first-order chi connectivity index (χ1) is 15.4. The fourth-order valence-electron chi connectivity index (χ4n) is 2.99. The van der Waals surface area contributed by atoms with Crippen molar-refractivity contribution in [2.45, 2.75) is 26.3 Å². The third-order valence-electron chi connectivity index (χ3n) is 4.42. The zero-order chi connectivity index (χ0) is 23.1. The highest BCUT2D eigenvalue weighted by molar-refractivity contribution is 8.05. The maximum absolute atomic E-state index is 12.5. The third kappa shape index (κ3) is 6.34. The van der Waals surface area contributed by atoms with Gasteiger partial charge in [-0.25, -0.2) is 4.79 Å². The molecular weight excluding hydrogens is 452 g/mol. The molecule has 0 bridgehead atoms. The summed E-state index contributed by atoms with van der Waals surface area (Å²) >= 11 is 7.40. The minimum Gasteiger partial charge on any atom is -0.490 e. The summed E-state index contributed by atoms with van der Waals surface area (Å²) in [5.41, 5.74) is 2.37. The van der Waals surface area contributed by atoms with Crippen LogP contribution in [-0.2, 0) is 14.3 Å². The molecule has 3 rings (SSSR count). The van der Waals surface area contributed by atoms with Crippen LogP contribution in [0.1, 0.15) is 25.0 Å². The summed E-state index contributed by atoms with van der Waals surface area (Å²) in [6.45, 7) is 6.06. The van der Waals surface area contributed by atoms with E-state index in [4.69, 9.17) is 25.8 Å². The maximum Gasteiger partial charge on any atom is 0.344 e. The van der Waals surface area contributed by atoms with E-state index < -0.39 is 5.97 Å². The van der Waals surface area contributed by atoms with Crippen LogP contribution in [0.15, 0.2) is 41.3 Å². The number of carbonyl (C=O) groups excluding carboxylic acids is 2. The van der Waals surface area contributed by atoms with Crippen molar-refractivity contribution in [1.82, 2.24) is 5.32 Å². The van der Waals surface area contributed by atoms with Gasteiger partial charge >= 0.3 is 5.97 Å². The molecule has 1 aliphatic heterocycles. The second-order valence-electron chi connectivity index (χ2n) is 6.82. The van der Waals surface area contributed by atoms with Gasteiger partial charge in [0, 0.05) is 10.7 Å². The van der Waals surface area contributed by atoms with Crippen LogP contribution < -0.4 is 20.1 Å². The largest absolute Gasteiger partial charge is 0.490 e. The van der Waals surface area contributed by atoms with Crippen molar-refractivity contribution in [3.05, 3.63) is 57.5 Å². The van der Waals surface area contributed by atoms with Crippen molar-refractivity contribution in [3.8, 4) is 11.5 Å². The number of anilines is 1. The zero-order valence-corrected chi connectivity index (χ0v) is 19.6. The summed E-state index contributed by atoms with van der Waals surface area (Å²) in [6, 6.07) is 10.8. The molecule has 2 N–H and O–H groups in total. The molecule has 32 heavy (non-hydrogen) atoms. The molecule has 170 valence electrons. The molecule has 0 aliphatic carbocycles. The molecule has 1 aliphatic rings. The Balaban J connectivity index is 1.71. The first kappa shape index (κ1) is 23.8. The van der Waals surface area contributed by atoms with Crippen molar-refractivity contribution in [3.63, 3.8) is 0 Å². The van der Waals surface area contributed by atoms with E-state index in [1.54, 1.807) is 37.3 Å². The Kier molecular flexibility index (Phi) is 8.30.